The third-order valence-corrected chi connectivity index (χ3v) is 6.20. The van der Waals surface area contributed by atoms with E-state index in [4.69, 9.17) is 0 Å². The average Bonchev–Trinajstić information content (AvgIpc) is 2.94. The van der Waals surface area contributed by atoms with Gasteiger partial charge in [-0.3, -0.25) is 9.89 Å². The second-order valence-corrected chi connectivity index (χ2v) is 7.28. The number of benzene rings is 1. The molecule has 3 nitrogen and oxygen atoms in total. The van der Waals surface area contributed by atoms with E-state index in [2.05, 4.69) is 25.9 Å². The van der Waals surface area contributed by atoms with Crippen LogP contribution in [0.1, 0.15) is 50.8 Å². The predicted octanol–water partition coefficient (Wildman–Crippen LogP) is 3.62. The van der Waals surface area contributed by atoms with Gasteiger partial charge in [-0.2, -0.15) is 0 Å². The number of H-pyrrole nitrogens is 1. The maximum atomic E-state index is 14.0. The molecule has 1 fully saturated rings. The Hall–Kier alpha value is -1.91. The van der Waals surface area contributed by atoms with Crippen molar-refractivity contribution in [1.29, 1.82) is 0 Å². The number of hydrogen-bond acceptors (Lipinski definition) is 1. The third kappa shape index (κ3) is 1.37. The molecule has 1 heterocycles. The predicted molar refractivity (Wildman–Crippen MR) is 79.4 cm³/mol. The molecule has 5 heteroatoms. The molecule has 116 valence electrons. The third-order valence-electron chi connectivity index (χ3n) is 6.20. The van der Waals surface area contributed by atoms with Crippen LogP contribution >= 0.6 is 0 Å². The van der Waals surface area contributed by atoms with Crippen LogP contribution in [0, 0.1) is 17.0 Å². The van der Waals surface area contributed by atoms with E-state index in [0.717, 1.165) is 36.2 Å². The van der Waals surface area contributed by atoms with Gasteiger partial charge in [0.05, 0.1) is 0 Å². The largest absolute Gasteiger partial charge is 0.294 e. The number of fused-ring (bicyclic) bond motifs is 5. The summed E-state index contributed by atoms with van der Waals surface area (Å²) in [4.78, 5) is 12.8. The van der Waals surface area contributed by atoms with E-state index in [1.54, 1.807) is 0 Å². The van der Waals surface area contributed by atoms with Crippen molar-refractivity contribution in [2.24, 2.45) is 5.41 Å². The second kappa shape index (κ2) is 3.89. The van der Waals surface area contributed by atoms with Crippen molar-refractivity contribution in [3.63, 3.8) is 0 Å². The minimum absolute atomic E-state index is 0.0216. The highest BCUT2D eigenvalue weighted by atomic mass is 19.1. The summed E-state index contributed by atoms with van der Waals surface area (Å²) < 4.78 is 28.3. The Morgan fingerprint density at radius 2 is 2.00 bits per heavy atom. The van der Waals surface area contributed by atoms with E-state index in [0.29, 0.717) is 0 Å². The van der Waals surface area contributed by atoms with Crippen LogP contribution in [0.25, 0.3) is 5.69 Å². The van der Waals surface area contributed by atoms with Gasteiger partial charge in [0.1, 0.15) is 11.5 Å². The SMILES string of the molecule is CC1(C)C2CC[C@]1(C)c1[nH]n(-c3ccc(F)cc3F)c(=O)c12. The van der Waals surface area contributed by atoms with Crippen LogP contribution in [-0.2, 0) is 5.41 Å². The lowest BCUT2D eigenvalue weighted by Crippen LogP contribution is -2.33. The zero-order chi connectivity index (χ0) is 15.9. The van der Waals surface area contributed by atoms with E-state index >= 15 is 0 Å². The molecule has 2 bridgehead atoms. The standard InChI is InChI=1S/C17H18F2N2O/c1-16(2)10-6-7-17(16,3)14-13(10)15(22)21(20-14)12-5-4-9(18)8-11(12)19/h4-5,8,10,20H,6-7H2,1-3H3/t10?,17-/m1/s1. The monoisotopic (exact) mass is 304 g/mol. The minimum Gasteiger partial charge on any atom is -0.294 e. The molecule has 0 saturated heterocycles. The summed E-state index contributed by atoms with van der Waals surface area (Å²) in [6, 6.07) is 3.26. The average molecular weight is 304 g/mol. The van der Waals surface area contributed by atoms with E-state index in [1.807, 2.05) is 0 Å². The molecule has 2 aliphatic rings. The molecular weight excluding hydrogens is 286 g/mol. The summed E-state index contributed by atoms with van der Waals surface area (Å²) in [7, 11) is 0. The minimum atomic E-state index is -0.737. The molecule has 0 amide bonds. The van der Waals surface area contributed by atoms with Crippen LogP contribution in [0.5, 0.6) is 0 Å². The highest BCUT2D eigenvalue weighted by Gasteiger charge is 2.61. The van der Waals surface area contributed by atoms with E-state index in [-0.39, 0.29) is 28.0 Å². The van der Waals surface area contributed by atoms with Gasteiger partial charge in [-0.1, -0.05) is 20.8 Å². The number of nitrogens with zero attached hydrogens (tertiary/aromatic N) is 1. The number of aromatic nitrogens is 2. The molecule has 2 aromatic rings. The summed E-state index contributed by atoms with van der Waals surface area (Å²) in [5.74, 6) is -1.19. The maximum absolute atomic E-state index is 14.0. The van der Waals surface area contributed by atoms with E-state index in [1.165, 1.54) is 10.7 Å². The number of halogens is 2. The fraction of sp³-hybridized carbons (Fsp3) is 0.471. The highest BCUT2D eigenvalue weighted by Crippen LogP contribution is 2.66. The Kier molecular flexibility index (Phi) is 2.43. The molecule has 1 aromatic heterocycles. The van der Waals surface area contributed by atoms with Crippen LogP contribution < -0.4 is 5.56 Å². The van der Waals surface area contributed by atoms with Gasteiger partial charge in [0.15, 0.2) is 5.82 Å². The van der Waals surface area contributed by atoms with Crippen molar-refractivity contribution in [1.82, 2.24) is 9.78 Å². The van der Waals surface area contributed by atoms with Gasteiger partial charge in [-0.25, -0.2) is 13.5 Å². The fourth-order valence-corrected chi connectivity index (χ4v) is 4.48. The first kappa shape index (κ1) is 13.7. The molecule has 22 heavy (non-hydrogen) atoms. The zero-order valence-corrected chi connectivity index (χ0v) is 12.8. The Labute approximate surface area is 126 Å². The first-order chi connectivity index (χ1) is 10.3. The summed E-state index contributed by atoms with van der Waals surface area (Å²) >= 11 is 0. The summed E-state index contributed by atoms with van der Waals surface area (Å²) in [6.45, 7) is 6.56. The summed E-state index contributed by atoms with van der Waals surface area (Å²) in [5.41, 5.74) is 1.48. The Morgan fingerprint density at radius 1 is 1.27 bits per heavy atom. The zero-order valence-electron chi connectivity index (χ0n) is 12.8. The first-order valence-corrected chi connectivity index (χ1v) is 7.58. The molecule has 2 atom stereocenters. The van der Waals surface area contributed by atoms with Crippen LogP contribution in [-0.4, -0.2) is 9.78 Å². The number of aromatic amines is 1. The molecule has 1 saturated carbocycles. The fourth-order valence-electron chi connectivity index (χ4n) is 4.48. The Balaban J connectivity index is 1.96. The quantitative estimate of drug-likeness (QED) is 0.858. The van der Waals surface area contributed by atoms with Crippen molar-refractivity contribution in [3.8, 4) is 5.69 Å². The molecule has 0 aliphatic heterocycles. The number of rotatable bonds is 1. The van der Waals surface area contributed by atoms with Gasteiger partial charge in [0.25, 0.3) is 5.56 Å². The van der Waals surface area contributed by atoms with Crippen LogP contribution in [0.2, 0.25) is 0 Å². The Bertz CT molecular complexity index is 849. The molecule has 1 N–H and O–H groups in total. The number of nitrogens with one attached hydrogen (secondary N) is 1. The number of hydrogen-bond donors (Lipinski definition) is 1. The molecular formula is C17H18F2N2O. The lowest BCUT2D eigenvalue weighted by atomic mass is 9.70. The molecule has 0 radical (unpaired) electrons. The maximum Gasteiger partial charge on any atom is 0.275 e. The van der Waals surface area contributed by atoms with Gasteiger partial charge < -0.3 is 0 Å². The van der Waals surface area contributed by atoms with Crippen molar-refractivity contribution in [3.05, 3.63) is 51.4 Å². The van der Waals surface area contributed by atoms with Gasteiger partial charge in [0, 0.05) is 22.7 Å². The van der Waals surface area contributed by atoms with Crippen LogP contribution in [0.4, 0.5) is 8.78 Å². The van der Waals surface area contributed by atoms with Crippen molar-refractivity contribution < 1.29 is 8.78 Å². The lowest BCUT2D eigenvalue weighted by Gasteiger charge is -2.34. The molecule has 1 aromatic carbocycles. The van der Waals surface area contributed by atoms with Gasteiger partial charge in [-0.15, -0.1) is 0 Å². The molecule has 0 spiro atoms. The normalized spacial score (nSPS) is 28.1. The van der Waals surface area contributed by atoms with Crippen molar-refractivity contribution >= 4 is 0 Å². The second-order valence-electron chi connectivity index (χ2n) is 7.28. The van der Waals surface area contributed by atoms with Crippen molar-refractivity contribution in [2.75, 3.05) is 0 Å². The summed E-state index contributed by atoms with van der Waals surface area (Å²) in [5, 5.41) is 3.11. The Morgan fingerprint density at radius 3 is 2.64 bits per heavy atom. The topological polar surface area (TPSA) is 37.8 Å². The van der Waals surface area contributed by atoms with Gasteiger partial charge in [-0.05, 0) is 36.3 Å². The van der Waals surface area contributed by atoms with Crippen molar-refractivity contribution in [2.45, 2.75) is 44.9 Å². The highest BCUT2D eigenvalue weighted by molar-refractivity contribution is 5.46. The summed E-state index contributed by atoms with van der Waals surface area (Å²) in [6.07, 6.45) is 2.00. The van der Waals surface area contributed by atoms with E-state index < -0.39 is 11.6 Å². The molecule has 2 aliphatic carbocycles. The van der Waals surface area contributed by atoms with Crippen LogP contribution in [0.3, 0.4) is 0 Å². The molecule has 4 rings (SSSR count). The lowest BCUT2D eigenvalue weighted by molar-refractivity contribution is 0.224. The van der Waals surface area contributed by atoms with E-state index in [9.17, 15) is 13.6 Å². The first-order valence-electron chi connectivity index (χ1n) is 7.58. The van der Waals surface area contributed by atoms with Gasteiger partial charge >= 0.3 is 0 Å². The smallest absolute Gasteiger partial charge is 0.275 e. The molecule has 1 unspecified atom stereocenters. The van der Waals surface area contributed by atoms with Gasteiger partial charge in [0.2, 0.25) is 0 Å². The van der Waals surface area contributed by atoms with Crippen LogP contribution in [0.15, 0.2) is 23.0 Å².